The van der Waals surface area contributed by atoms with E-state index in [0.717, 1.165) is 29.2 Å². The topological polar surface area (TPSA) is 25.8 Å². The SMILES string of the molecule is CC.Cc1nc2c(nc1C(C)C)C=CCC=C2. The second-order valence-corrected chi connectivity index (χ2v) is 4.16. The van der Waals surface area contributed by atoms with E-state index >= 15 is 0 Å². The van der Waals surface area contributed by atoms with E-state index in [2.05, 4.69) is 48.1 Å². The molecule has 1 heterocycles. The van der Waals surface area contributed by atoms with E-state index < -0.39 is 0 Å². The van der Waals surface area contributed by atoms with Crippen LogP contribution in [-0.4, -0.2) is 9.97 Å². The van der Waals surface area contributed by atoms with Gasteiger partial charge >= 0.3 is 0 Å². The molecule has 2 nitrogen and oxygen atoms in total. The number of hydrogen-bond donors (Lipinski definition) is 0. The molecule has 2 rings (SSSR count). The zero-order chi connectivity index (χ0) is 12.8. The van der Waals surface area contributed by atoms with Gasteiger partial charge in [-0.1, -0.05) is 39.8 Å². The lowest BCUT2D eigenvalue weighted by Crippen LogP contribution is -2.04. The second-order valence-electron chi connectivity index (χ2n) is 4.16. The maximum atomic E-state index is 4.67. The average molecular weight is 230 g/mol. The van der Waals surface area contributed by atoms with Crippen LogP contribution in [0.4, 0.5) is 0 Å². The normalized spacial score (nSPS) is 12.8. The maximum absolute atomic E-state index is 4.67. The molecule has 0 aliphatic heterocycles. The van der Waals surface area contributed by atoms with Crippen LogP contribution in [0.3, 0.4) is 0 Å². The number of allylic oxidation sites excluding steroid dienone is 2. The summed E-state index contributed by atoms with van der Waals surface area (Å²) in [5.74, 6) is 0.434. The molecule has 2 heteroatoms. The van der Waals surface area contributed by atoms with Gasteiger partial charge in [0.05, 0.1) is 22.8 Å². The Balaban J connectivity index is 0.000000686. The van der Waals surface area contributed by atoms with Gasteiger partial charge in [-0.05, 0) is 31.4 Å². The summed E-state index contributed by atoms with van der Waals surface area (Å²) >= 11 is 0. The van der Waals surface area contributed by atoms with Gasteiger partial charge < -0.3 is 0 Å². The predicted octanol–water partition coefficient (Wildman–Crippen LogP) is 4.36. The van der Waals surface area contributed by atoms with Crippen molar-refractivity contribution in [3.63, 3.8) is 0 Å². The summed E-state index contributed by atoms with van der Waals surface area (Å²) in [4.78, 5) is 9.27. The fourth-order valence-corrected chi connectivity index (χ4v) is 1.79. The maximum Gasteiger partial charge on any atom is 0.0887 e. The van der Waals surface area contributed by atoms with Crippen molar-refractivity contribution in [1.82, 2.24) is 9.97 Å². The molecule has 1 aromatic rings. The van der Waals surface area contributed by atoms with Crippen molar-refractivity contribution in [2.75, 3.05) is 0 Å². The highest BCUT2D eigenvalue weighted by molar-refractivity contribution is 5.62. The highest BCUT2D eigenvalue weighted by atomic mass is 14.8. The third kappa shape index (κ3) is 3.26. The number of rotatable bonds is 1. The second kappa shape index (κ2) is 6.33. The summed E-state index contributed by atoms with van der Waals surface area (Å²) in [5.41, 5.74) is 4.14. The van der Waals surface area contributed by atoms with E-state index in [4.69, 9.17) is 0 Å². The lowest BCUT2D eigenvalue weighted by molar-refractivity contribution is 0.791. The molecular formula is C15H22N2. The highest BCUT2D eigenvalue weighted by Gasteiger charge is 2.10. The van der Waals surface area contributed by atoms with Gasteiger partial charge in [-0.3, -0.25) is 0 Å². The van der Waals surface area contributed by atoms with Crippen molar-refractivity contribution < 1.29 is 0 Å². The van der Waals surface area contributed by atoms with Gasteiger partial charge in [-0.2, -0.15) is 0 Å². The first kappa shape index (κ1) is 13.6. The molecular weight excluding hydrogens is 208 g/mol. The predicted molar refractivity (Wildman–Crippen MR) is 74.9 cm³/mol. The minimum absolute atomic E-state index is 0.434. The molecule has 0 atom stereocenters. The molecule has 0 N–H and O–H groups in total. The monoisotopic (exact) mass is 230 g/mol. The Morgan fingerprint density at radius 1 is 1.00 bits per heavy atom. The Hall–Kier alpha value is -1.44. The molecule has 1 aliphatic carbocycles. The Morgan fingerprint density at radius 3 is 2.06 bits per heavy atom. The van der Waals surface area contributed by atoms with Crippen molar-refractivity contribution in [1.29, 1.82) is 0 Å². The molecule has 0 unspecified atom stereocenters. The summed E-state index contributed by atoms with van der Waals surface area (Å²) in [6, 6.07) is 0. The lowest BCUT2D eigenvalue weighted by Gasteiger charge is -2.10. The van der Waals surface area contributed by atoms with E-state index in [9.17, 15) is 0 Å². The molecule has 92 valence electrons. The van der Waals surface area contributed by atoms with Gasteiger partial charge in [-0.25, -0.2) is 9.97 Å². The van der Waals surface area contributed by atoms with Crippen LogP contribution in [0.1, 0.15) is 62.8 Å². The van der Waals surface area contributed by atoms with Crippen molar-refractivity contribution in [3.8, 4) is 0 Å². The van der Waals surface area contributed by atoms with E-state index in [1.165, 1.54) is 0 Å². The van der Waals surface area contributed by atoms with Crippen molar-refractivity contribution in [3.05, 3.63) is 34.9 Å². The van der Waals surface area contributed by atoms with Gasteiger partial charge in [0.1, 0.15) is 0 Å². The zero-order valence-electron chi connectivity index (χ0n) is 11.5. The summed E-state index contributed by atoms with van der Waals surface area (Å²) < 4.78 is 0. The Kier molecular flexibility index (Phi) is 5.08. The van der Waals surface area contributed by atoms with Gasteiger partial charge in [0.2, 0.25) is 0 Å². The standard InChI is InChI=1S/C13H16N2.C2H6/c1-9(2)13-10(3)14-11-7-5-4-6-8-12(11)15-13;1-2/h5-9H,4H2,1-3H3;1-2H3. The molecule has 0 saturated carbocycles. The Morgan fingerprint density at radius 2 is 1.53 bits per heavy atom. The van der Waals surface area contributed by atoms with Crippen LogP contribution in [0.25, 0.3) is 12.2 Å². The molecule has 17 heavy (non-hydrogen) atoms. The summed E-state index contributed by atoms with van der Waals surface area (Å²) in [6.45, 7) is 10.3. The van der Waals surface area contributed by atoms with Crippen LogP contribution >= 0.6 is 0 Å². The summed E-state index contributed by atoms with van der Waals surface area (Å²) in [7, 11) is 0. The molecule has 0 spiro atoms. The number of aromatic nitrogens is 2. The lowest BCUT2D eigenvalue weighted by atomic mass is 10.1. The number of hydrogen-bond acceptors (Lipinski definition) is 2. The number of nitrogens with zero attached hydrogens (tertiary/aromatic N) is 2. The van der Waals surface area contributed by atoms with Crippen molar-refractivity contribution in [2.24, 2.45) is 0 Å². The van der Waals surface area contributed by atoms with E-state index in [1.54, 1.807) is 0 Å². The van der Waals surface area contributed by atoms with E-state index in [0.29, 0.717) is 5.92 Å². The molecule has 0 amide bonds. The third-order valence-electron chi connectivity index (χ3n) is 2.53. The first-order chi connectivity index (χ1) is 8.18. The average Bonchev–Trinajstić information content (AvgIpc) is 2.55. The number of fused-ring (bicyclic) bond motifs is 1. The number of aryl methyl sites for hydroxylation is 1. The smallest absolute Gasteiger partial charge is 0.0887 e. The minimum Gasteiger partial charge on any atom is -0.250 e. The minimum atomic E-state index is 0.434. The molecule has 0 radical (unpaired) electrons. The first-order valence-corrected chi connectivity index (χ1v) is 6.40. The quantitative estimate of drug-likeness (QED) is 0.716. The summed E-state index contributed by atoms with van der Waals surface area (Å²) in [6.07, 6.45) is 9.32. The van der Waals surface area contributed by atoms with Crippen LogP contribution in [0.5, 0.6) is 0 Å². The Bertz CT molecular complexity index is 429. The highest BCUT2D eigenvalue weighted by Crippen LogP contribution is 2.20. The molecule has 0 bridgehead atoms. The van der Waals surface area contributed by atoms with Gasteiger partial charge in [0.25, 0.3) is 0 Å². The zero-order valence-corrected chi connectivity index (χ0v) is 11.5. The Labute approximate surface area is 105 Å². The fraction of sp³-hybridized carbons (Fsp3) is 0.467. The van der Waals surface area contributed by atoms with E-state index in [1.807, 2.05) is 20.8 Å². The first-order valence-electron chi connectivity index (χ1n) is 6.40. The molecule has 0 fully saturated rings. The van der Waals surface area contributed by atoms with Gasteiger partial charge in [0, 0.05) is 0 Å². The molecule has 1 aliphatic rings. The largest absolute Gasteiger partial charge is 0.250 e. The third-order valence-corrected chi connectivity index (χ3v) is 2.53. The van der Waals surface area contributed by atoms with Gasteiger partial charge in [0.15, 0.2) is 0 Å². The van der Waals surface area contributed by atoms with Crippen molar-refractivity contribution in [2.45, 2.75) is 47.0 Å². The van der Waals surface area contributed by atoms with Gasteiger partial charge in [-0.15, -0.1) is 0 Å². The van der Waals surface area contributed by atoms with Crippen LogP contribution < -0.4 is 0 Å². The molecule has 0 aromatic carbocycles. The summed E-state index contributed by atoms with van der Waals surface area (Å²) in [5, 5.41) is 0. The fourth-order valence-electron chi connectivity index (χ4n) is 1.79. The van der Waals surface area contributed by atoms with Crippen LogP contribution in [0.15, 0.2) is 12.2 Å². The molecule has 0 saturated heterocycles. The van der Waals surface area contributed by atoms with Crippen LogP contribution in [0, 0.1) is 6.92 Å². The van der Waals surface area contributed by atoms with Crippen LogP contribution in [0.2, 0.25) is 0 Å². The van der Waals surface area contributed by atoms with Crippen LogP contribution in [-0.2, 0) is 0 Å². The molecule has 1 aromatic heterocycles. The van der Waals surface area contributed by atoms with E-state index in [-0.39, 0.29) is 0 Å². The van der Waals surface area contributed by atoms with Crippen molar-refractivity contribution >= 4 is 12.2 Å².